The number of rotatable bonds is 7. The second kappa shape index (κ2) is 7.49. The summed E-state index contributed by atoms with van der Waals surface area (Å²) in [4.78, 5) is 11.8. The molecule has 0 bridgehead atoms. The van der Waals surface area contributed by atoms with E-state index in [-0.39, 0.29) is 18.1 Å². The van der Waals surface area contributed by atoms with E-state index in [1.54, 1.807) is 0 Å². The number of aliphatic hydroxyl groups excluding tert-OH is 1. The van der Waals surface area contributed by atoms with Crippen molar-refractivity contribution in [1.82, 2.24) is 10.6 Å². The zero-order chi connectivity index (χ0) is 16.0. The Hall–Kier alpha value is -1.75. The lowest BCUT2D eigenvalue weighted by Crippen LogP contribution is -2.41. The van der Waals surface area contributed by atoms with E-state index < -0.39 is 0 Å². The van der Waals surface area contributed by atoms with E-state index in [1.807, 2.05) is 26.0 Å². The number of amides is 2. The standard InChI is InChI=1S/C17H26N2O3/c1-17(2,7-9-20)12-19-16(21)18-8-5-13-3-4-15-14(11-13)6-10-22-15/h3-4,11,20H,5-10,12H2,1-2H3,(H2,18,19,21). The van der Waals surface area contributed by atoms with Gasteiger partial charge in [-0.05, 0) is 35.4 Å². The Labute approximate surface area is 132 Å². The zero-order valence-corrected chi connectivity index (χ0v) is 13.4. The first-order valence-corrected chi connectivity index (χ1v) is 7.87. The van der Waals surface area contributed by atoms with Gasteiger partial charge in [0.15, 0.2) is 0 Å². The van der Waals surface area contributed by atoms with Crippen LogP contribution in [-0.2, 0) is 12.8 Å². The molecule has 1 heterocycles. The highest BCUT2D eigenvalue weighted by Crippen LogP contribution is 2.25. The molecule has 1 aliphatic heterocycles. The molecule has 1 aliphatic rings. The van der Waals surface area contributed by atoms with E-state index in [0.29, 0.717) is 19.5 Å². The van der Waals surface area contributed by atoms with Gasteiger partial charge in [-0.1, -0.05) is 26.0 Å². The maximum absolute atomic E-state index is 11.8. The van der Waals surface area contributed by atoms with Crippen molar-refractivity contribution in [2.75, 3.05) is 26.3 Å². The normalized spacial score (nSPS) is 13.4. The summed E-state index contributed by atoms with van der Waals surface area (Å²) < 4.78 is 5.48. The van der Waals surface area contributed by atoms with Crippen molar-refractivity contribution in [3.63, 3.8) is 0 Å². The van der Waals surface area contributed by atoms with Crippen LogP contribution in [0.5, 0.6) is 5.75 Å². The highest BCUT2D eigenvalue weighted by Gasteiger charge is 2.18. The van der Waals surface area contributed by atoms with Crippen LogP contribution >= 0.6 is 0 Å². The third-order valence-corrected chi connectivity index (χ3v) is 3.97. The fraction of sp³-hybridized carbons (Fsp3) is 0.588. The van der Waals surface area contributed by atoms with Gasteiger partial charge in [-0.15, -0.1) is 0 Å². The topological polar surface area (TPSA) is 70.6 Å². The van der Waals surface area contributed by atoms with Crippen LogP contribution in [0, 0.1) is 5.41 Å². The largest absolute Gasteiger partial charge is 0.493 e. The van der Waals surface area contributed by atoms with Gasteiger partial charge in [-0.25, -0.2) is 4.79 Å². The van der Waals surface area contributed by atoms with Crippen molar-refractivity contribution in [1.29, 1.82) is 0 Å². The highest BCUT2D eigenvalue weighted by molar-refractivity contribution is 5.73. The molecule has 0 fully saturated rings. The number of nitrogens with one attached hydrogen (secondary N) is 2. The smallest absolute Gasteiger partial charge is 0.314 e. The fourth-order valence-corrected chi connectivity index (χ4v) is 2.49. The number of ether oxygens (including phenoxy) is 1. The number of fused-ring (bicyclic) bond motifs is 1. The first kappa shape index (κ1) is 16.6. The Bertz CT molecular complexity index is 515. The van der Waals surface area contributed by atoms with Crippen molar-refractivity contribution in [3.8, 4) is 5.75 Å². The quantitative estimate of drug-likeness (QED) is 0.720. The van der Waals surface area contributed by atoms with Crippen LogP contribution in [0.4, 0.5) is 4.79 Å². The van der Waals surface area contributed by atoms with Gasteiger partial charge >= 0.3 is 6.03 Å². The molecule has 5 heteroatoms. The van der Waals surface area contributed by atoms with Crippen molar-refractivity contribution in [3.05, 3.63) is 29.3 Å². The molecule has 2 rings (SSSR count). The van der Waals surface area contributed by atoms with Gasteiger partial charge in [0.2, 0.25) is 0 Å². The van der Waals surface area contributed by atoms with Crippen LogP contribution in [0.15, 0.2) is 18.2 Å². The van der Waals surface area contributed by atoms with Gasteiger partial charge < -0.3 is 20.5 Å². The number of urea groups is 1. The second-order valence-corrected chi connectivity index (χ2v) is 6.54. The minimum Gasteiger partial charge on any atom is -0.493 e. The molecule has 0 atom stereocenters. The third kappa shape index (κ3) is 4.91. The highest BCUT2D eigenvalue weighted by atomic mass is 16.5. The maximum Gasteiger partial charge on any atom is 0.314 e. The lowest BCUT2D eigenvalue weighted by Gasteiger charge is -2.23. The Balaban J connectivity index is 1.69. The molecule has 0 unspecified atom stereocenters. The molecule has 0 saturated carbocycles. The molecule has 5 nitrogen and oxygen atoms in total. The van der Waals surface area contributed by atoms with E-state index in [0.717, 1.165) is 25.2 Å². The van der Waals surface area contributed by atoms with Crippen LogP contribution in [0.25, 0.3) is 0 Å². The first-order valence-electron chi connectivity index (χ1n) is 7.87. The summed E-state index contributed by atoms with van der Waals surface area (Å²) in [5.41, 5.74) is 2.38. The lowest BCUT2D eigenvalue weighted by atomic mass is 9.90. The number of hydrogen-bond acceptors (Lipinski definition) is 3. The van der Waals surface area contributed by atoms with Gasteiger partial charge in [0, 0.05) is 26.1 Å². The van der Waals surface area contributed by atoms with E-state index in [4.69, 9.17) is 9.84 Å². The van der Waals surface area contributed by atoms with Gasteiger partial charge in [0.05, 0.1) is 6.61 Å². The molecule has 0 radical (unpaired) electrons. The molecule has 0 saturated heterocycles. The fourth-order valence-electron chi connectivity index (χ4n) is 2.49. The Kier molecular flexibility index (Phi) is 5.66. The Morgan fingerprint density at radius 3 is 2.95 bits per heavy atom. The van der Waals surface area contributed by atoms with Gasteiger partial charge in [0.25, 0.3) is 0 Å². The first-order chi connectivity index (χ1) is 10.5. The lowest BCUT2D eigenvalue weighted by molar-refractivity contribution is 0.201. The molecule has 22 heavy (non-hydrogen) atoms. The molecule has 122 valence electrons. The molecule has 1 aromatic carbocycles. The third-order valence-electron chi connectivity index (χ3n) is 3.97. The molecule has 3 N–H and O–H groups in total. The van der Waals surface area contributed by atoms with Gasteiger partial charge in [-0.3, -0.25) is 0 Å². The summed E-state index contributed by atoms with van der Waals surface area (Å²) in [6, 6.07) is 6.06. The van der Waals surface area contributed by atoms with Crippen molar-refractivity contribution >= 4 is 6.03 Å². The average Bonchev–Trinajstić information content (AvgIpc) is 2.93. The molecule has 1 aromatic rings. The summed E-state index contributed by atoms with van der Waals surface area (Å²) in [5.74, 6) is 0.987. The van der Waals surface area contributed by atoms with Gasteiger partial charge in [0.1, 0.15) is 5.75 Å². The molecule has 0 aliphatic carbocycles. The summed E-state index contributed by atoms with van der Waals surface area (Å²) in [6.07, 6.45) is 2.45. The second-order valence-electron chi connectivity index (χ2n) is 6.54. The molecular formula is C17H26N2O3. The van der Waals surface area contributed by atoms with E-state index >= 15 is 0 Å². The van der Waals surface area contributed by atoms with Crippen LogP contribution in [0.3, 0.4) is 0 Å². The van der Waals surface area contributed by atoms with Gasteiger partial charge in [-0.2, -0.15) is 0 Å². The van der Waals surface area contributed by atoms with Crippen molar-refractivity contribution in [2.45, 2.75) is 33.1 Å². The predicted molar refractivity (Wildman–Crippen MR) is 86.2 cm³/mol. The summed E-state index contributed by atoms with van der Waals surface area (Å²) >= 11 is 0. The van der Waals surface area contributed by atoms with Crippen molar-refractivity contribution in [2.24, 2.45) is 5.41 Å². The molecule has 2 amide bonds. The summed E-state index contributed by atoms with van der Waals surface area (Å²) in [6.45, 7) is 6.11. The zero-order valence-electron chi connectivity index (χ0n) is 13.4. The summed E-state index contributed by atoms with van der Waals surface area (Å²) in [5, 5.41) is 14.7. The van der Waals surface area contributed by atoms with Crippen LogP contribution in [0.2, 0.25) is 0 Å². The Morgan fingerprint density at radius 2 is 2.18 bits per heavy atom. The van der Waals surface area contributed by atoms with E-state index in [1.165, 1.54) is 11.1 Å². The van der Waals surface area contributed by atoms with E-state index in [2.05, 4.69) is 16.7 Å². The number of benzene rings is 1. The molecular weight excluding hydrogens is 280 g/mol. The van der Waals surface area contributed by atoms with Crippen molar-refractivity contribution < 1.29 is 14.6 Å². The molecule has 0 aromatic heterocycles. The van der Waals surface area contributed by atoms with E-state index in [9.17, 15) is 4.79 Å². The number of aliphatic hydroxyl groups is 1. The number of carbonyl (C=O) groups excluding carboxylic acids is 1. The molecule has 0 spiro atoms. The SMILES string of the molecule is CC(C)(CCO)CNC(=O)NCCc1ccc2c(c1)CCO2. The predicted octanol–water partition coefficient (Wildman–Crippen LogP) is 1.87. The van der Waals surface area contributed by atoms with Crippen LogP contribution in [0.1, 0.15) is 31.4 Å². The monoisotopic (exact) mass is 306 g/mol. The summed E-state index contributed by atoms with van der Waals surface area (Å²) in [7, 11) is 0. The maximum atomic E-state index is 11.8. The average molecular weight is 306 g/mol. The minimum atomic E-state index is -0.157. The Morgan fingerprint density at radius 1 is 1.36 bits per heavy atom. The number of carbonyl (C=O) groups is 1. The number of hydrogen-bond donors (Lipinski definition) is 3. The minimum absolute atomic E-state index is 0.0912. The van der Waals surface area contributed by atoms with Crippen LogP contribution in [-0.4, -0.2) is 37.4 Å². The van der Waals surface area contributed by atoms with Crippen LogP contribution < -0.4 is 15.4 Å².